The van der Waals surface area contributed by atoms with Gasteiger partial charge in [0.05, 0.1) is 5.69 Å². The molecule has 0 bridgehead atoms. The Hall–Kier alpha value is -0.100. The van der Waals surface area contributed by atoms with Crippen LogP contribution in [0.2, 0.25) is 0 Å². The summed E-state index contributed by atoms with van der Waals surface area (Å²) in [6.45, 7) is 6.79. The van der Waals surface area contributed by atoms with Crippen LogP contribution in [0.5, 0.6) is 0 Å². The SMILES string of the molecule is CCOC(C)(C)c1nc(C(N)CCSC)cs1. The first-order chi connectivity index (χ1) is 8.01. The average Bonchev–Trinajstić information content (AvgIpc) is 2.75. The molecular weight excluding hydrogens is 252 g/mol. The summed E-state index contributed by atoms with van der Waals surface area (Å²) in [5.41, 5.74) is 6.79. The van der Waals surface area contributed by atoms with E-state index in [-0.39, 0.29) is 11.6 Å². The zero-order valence-corrected chi connectivity index (χ0v) is 12.7. The van der Waals surface area contributed by atoms with Gasteiger partial charge in [0.1, 0.15) is 10.6 Å². The summed E-state index contributed by atoms with van der Waals surface area (Å²) >= 11 is 3.45. The second kappa shape index (κ2) is 6.73. The van der Waals surface area contributed by atoms with Gasteiger partial charge in [-0.25, -0.2) is 4.98 Å². The van der Waals surface area contributed by atoms with Crippen molar-refractivity contribution in [3.63, 3.8) is 0 Å². The number of nitrogens with two attached hydrogens (primary N) is 1. The second-order valence-corrected chi connectivity index (χ2v) is 6.25. The van der Waals surface area contributed by atoms with Crippen LogP contribution in [0.1, 0.15) is 43.9 Å². The molecule has 0 aliphatic rings. The minimum atomic E-state index is -0.309. The molecule has 0 aliphatic heterocycles. The van der Waals surface area contributed by atoms with Gasteiger partial charge in [-0.3, -0.25) is 0 Å². The van der Waals surface area contributed by atoms with E-state index in [1.165, 1.54) is 0 Å². The van der Waals surface area contributed by atoms with E-state index in [2.05, 4.69) is 16.6 Å². The van der Waals surface area contributed by atoms with Crippen molar-refractivity contribution < 1.29 is 4.74 Å². The number of nitrogens with zero attached hydrogens (tertiary/aromatic N) is 1. The molecule has 1 unspecified atom stereocenters. The summed E-state index contributed by atoms with van der Waals surface area (Å²) in [7, 11) is 0. The third-order valence-electron chi connectivity index (χ3n) is 2.56. The van der Waals surface area contributed by atoms with Crippen LogP contribution >= 0.6 is 23.1 Å². The number of aromatic nitrogens is 1. The van der Waals surface area contributed by atoms with Gasteiger partial charge in [0, 0.05) is 18.0 Å². The molecule has 2 N–H and O–H groups in total. The molecule has 0 aliphatic carbocycles. The lowest BCUT2D eigenvalue weighted by Gasteiger charge is -2.21. The number of rotatable bonds is 7. The first-order valence-electron chi connectivity index (χ1n) is 5.85. The van der Waals surface area contributed by atoms with E-state index in [1.807, 2.05) is 32.5 Å². The summed E-state index contributed by atoms with van der Waals surface area (Å²) in [6.07, 6.45) is 3.07. The molecule has 0 radical (unpaired) electrons. The van der Waals surface area contributed by atoms with E-state index >= 15 is 0 Å². The lowest BCUT2D eigenvalue weighted by molar-refractivity contribution is -0.0142. The maximum absolute atomic E-state index is 6.10. The molecule has 0 amide bonds. The molecule has 3 nitrogen and oxygen atoms in total. The van der Waals surface area contributed by atoms with Crippen molar-refractivity contribution in [1.29, 1.82) is 0 Å². The van der Waals surface area contributed by atoms with Gasteiger partial charge in [-0.05, 0) is 39.2 Å². The molecule has 0 saturated heterocycles. The molecule has 0 aromatic carbocycles. The Balaban J connectivity index is 2.70. The van der Waals surface area contributed by atoms with Crippen molar-refractivity contribution >= 4 is 23.1 Å². The molecule has 1 rings (SSSR count). The van der Waals surface area contributed by atoms with Crippen molar-refractivity contribution in [3.8, 4) is 0 Å². The van der Waals surface area contributed by atoms with Gasteiger partial charge in [-0.2, -0.15) is 11.8 Å². The van der Waals surface area contributed by atoms with E-state index in [0.717, 1.165) is 22.9 Å². The summed E-state index contributed by atoms with van der Waals surface area (Å²) in [5.74, 6) is 1.07. The molecule has 0 saturated carbocycles. The van der Waals surface area contributed by atoms with E-state index in [0.29, 0.717) is 6.61 Å². The van der Waals surface area contributed by atoms with E-state index in [4.69, 9.17) is 10.5 Å². The van der Waals surface area contributed by atoms with Crippen LogP contribution in [-0.2, 0) is 10.3 Å². The van der Waals surface area contributed by atoms with Crippen LogP contribution < -0.4 is 5.73 Å². The predicted molar refractivity (Wildman–Crippen MR) is 76.7 cm³/mol. The summed E-state index contributed by atoms with van der Waals surface area (Å²) in [5, 5.41) is 3.06. The first-order valence-corrected chi connectivity index (χ1v) is 8.13. The topological polar surface area (TPSA) is 48.1 Å². The van der Waals surface area contributed by atoms with Gasteiger partial charge >= 0.3 is 0 Å². The van der Waals surface area contributed by atoms with Crippen LogP contribution in [-0.4, -0.2) is 23.6 Å². The van der Waals surface area contributed by atoms with Gasteiger partial charge < -0.3 is 10.5 Å². The largest absolute Gasteiger partial charge is 0.369 e. The molecule has 5 heteroatoms. The Morgan fingerprint density at radius 1 is 1.59 bits per heavy atom. The zero-order valence-electron chi connectivity index (χ0n) is 11.0. The zero-order chi connectivity index (χ0) is 12.9. The lowest BCUT2D eigenvalue weighted by atomic mass is 10.1. The van der Waals surface area contributed by atoms with Gasteiger partial charge in [-0.15, -0.1) is 11.3 Å². The number of hydrogen-bond acceptors (Lipinski definition) is 5. The highest BCUT2D eigenvalue weighted by atomic mass is 32.2. The fraction of sp³-hybridized carbons (Fsp3) is 0.750. The van der Waals surface area contributed by atoms with Crippen molar-refractivity contribution in [3.05, 3.63) is 16.1 Å². The van der Waals surface area contributed by atoms with E-state index in [1.54, 1.807) is 11.3 Å². The molecule has 17 heavy (non-hydrogen) atoms. The molecular formula is C12H22N2OS2. The number of thioether (sulfide) groups is 1. The molecule has 1 heterocycles. The third-order valence-corrected chi connectivity index (χ3v) is 4.36. The predicted octanol–water partition coefficient (Wildman–Crippen LogP) is 3.17. The molecule has 0 fully saturated rings. The molecule has 98 valence electrons. The fourth-order valence-electron chi connectivity index (χ4n) is 1.55. The number of ether oxygens (including phenoxy) is 1. The van der Waals surface area contributed by atoms with Gasteiger partial charge in [0.15, 0.2) is 0 Å². The standard InChI is InChI=1S/C12H22N2OS2/c1-5-15-12(2,3)11-14-10(8-17-11)9(13)6-7-16-4/h8-9H,5-7,13H2,1-4H3. The lowest BCUT2D eigenvalue weighted by Crippen LogP contribution is -2.22. The van der Waals surface area contributed by atoms with Crippen LogP contribution in [0.15, 0.2) is 5.38 Å². The minimum Gasteiger partial charge on any atom is -0.369 e. The highest BCUT2D eigenvalue weighted by Crippen LogP contribution is 2.29. The average molecular weight is 274 g/mol. The second-order valence-electron chi connectivity index (χ2n) is 4.41. The van der Waals surface area contributed by atoms with Crippen molar-refractivity contribution in [2.45, 2.75) is 38.8 Å². The Kier molecular flexibility index (Phi) is 5.92. The molecule has 1 aromatic heterocycles. The van der Waals surface area contributed by atoms with E-state index in [9.17, 15) is 0 Å². The van der Waals surface area contributed by atoms with Gasteiger partial charge in [0.25, 0.3) is 0 Å². The monoisotopic (exact) mass is 274 g/mol. The molecule has 1 atom stereocenters. The molecule has 1 aromatic rings. The van der Waals surface area contributed by atoms with Crippen LogP contribution in [0.3, 0.4) is 0 Å². The summed E-state index contributed by atoms with van der Waals surface area (Å²) < 4.78 is 5.69. The maximum atomic E-state index is 6.10. The van der Waals surface area contributed by atoms with Gasteiger partial charge in [-0.1, -0.05) is 0 Å². The van der Waals surface area contributed by atoms with Crippen LogP contribution in [0, 0.1) is 0 Å². The minimum absolute atomic E-state index is 0.0462. The van der Waals surface area contributed by atoms with Crippen molar-refractivity contribution in [1.82, 2.24) is 4.98 Å². The highest BCUT2D eigenvalue weighted by molar-refractivity contribution is 7.98. The fourth-order valence-corrected chi connectivity index (χ4v) is 3.00. The number of hydrogen-bond donors (Lipinski definition) is 1. The highest BCUT2D eigenvalue weighted by Gasteiger charge is 2.25. The smallest absolute Gasteiger partial charge is 0.124 e. The van der Waals surface area contributed by atoms with Crippen molar-refractivity contribution in [2.24, 2.45) is 5.73 Å². The van der Waals surface area contributed by atoms with Crippen molar-refractivity contribution in [2.75, 3.05) is 18.6 Å². The number of thiazole rings is 1. The normalized spacial score (nSPS) is 13.9. The quantitative estimate of drug-likeness (QED) is 0.829. The third kappa shape index (κ3) is 4.25. The summed E-state index contributed by atoms with van der Waals surface area (Å²) in [6, 6.07) is 0.0462. The summed E-state index contributed by atoms with van der Waals surface area (Å²) in [4.78, 5) is 4.61. The Labute approximate surface area is 112 Å². The van der Waals surface area contributed by atoms with Gasteiger partial charge in [0.2, 0.25) is 0 Å². The Bertz CT molecular complexity index is 339. The van der Waals surface area contributed by atoms with Crippen LogP contribution in [0.25, 0.3) is 0 Å². The first kappa shape index (κ1) is 15.0. The van der Waals surface area contributed by atoms with Crippen LogP contribution in [0.4, 0.5) is 0 Å². The Morgan fingerprint density at radius 3 is 2.88 bits per heavy atom. The maximum Gasteiger partial charge on any atom is 0.124 e. The molecule has 0 spiro atoms. The Morgan fingerprint density at radius 2 is 2.29 bits per heavy atom. The van der Waals surface area contributed by atoms with E-state index < -0.39 is 0 Å².